The number of halogens is 1. The molecule has 1 fully saturated rings. The second kappa shape index (κ2) is 6.36. The highest BCUT2D eigenvalue weighted by Crippen LogP contribution is 2.15. The molecule has 1 aromatic rings. The summed E-state index contributed by atoms with van der Waals surface area (Å²) in [5, 5.41) is 8.57. The molecule has 0 radical (unpaired) electrons. The van der Waals surface area contributed by atoms with Crippen LogP contribution in [0.5, 0.6) is 0 Å². The number of benzene rings is 1. The number of sulfone groups is 1. The lowest BCUT2D eigenvalue weighted by Gasteiger charge is -2.26. The summed E-state index contributed by atoms with van der Waals surface area (Å²) < 4.78 is 36.3. The fourth-order valence-electron chi connectivity index (χ4n) is 2.15. The molecule has 1 N–H and O–H groups in total. The smallest absolute Gasteiger partial charge is 0.328 e. The first-order valence-corrected chi connectivity index (χ1v) is 8.30. The Kier molecular flexibility index (Phi) is 4.74. The summed E-state index contributed by atoms with van der Waals surface area (Å²) in [6, 6.07) is 4.49. The second-order valence-electron chi connectivity index (χ2n) is 4.96. The first-order chi connectivity index (χ1) is 9.85. The van der Waals surface area contributed by atoms with E-state index in [4.69, 9.17) is 5.11 Å². The van der Waals surface area contributed by atoms with E-state index in [0.29, 0.717) is 19.6 Å². The lowest BCUT2D eigenvalue weighted by atomic mass is 10.1. The Morgan fingerprint density at radius 3 is 2.62 bits per heavy atom. The lowest BCUT2D eigenvalue weighted by molar-refractivity contribution is -0.131. The topological polar surface area (TPSA) is 74.7 Å². The molecular formula is C14H16FNO4S. The van der Waals surface area contributed by atoms with E-state index in [1.807, 2.05) is 4.90 Å². The summed E-state index contributed by atoms with van der Waals surface area (Å²) in [5.74, 6) is -1.35. The normalized spacial score (nSPS) is 18.9. The summed E-state index contributed by atoms with van der Waals surface area (Å²) >= 11 is 0. The quantitative estimate of drug-likeness (QED) is 0.844. The van der Waals surface area contributed by atoms with Gasteiger partial charge in [0.1, 0.15) is 5.82 Å². The van der Waals surface area contributed by atoms with Crippen molar-refractivity contribution in [2.45, 2.75) is 6.54 Å². The molecule has 0 saturated carbocycles. The Labute approximate surface area is 122 Å². The van der Waals surface area contributed by atoms with Crippen molar-refractivity contribution in [1.82, 2.24) is 4.90 Å². The van der Waals surface area contributed by atoms with Crippen LogP contribution in [0.3, 0.4) is 0 Å². The Hall–Kier alpha value is -1.73. The molecule has 114 valence electrons. The monoisotopic (exact) mass is 313 g/mol. The van der Waals surface area contributed by atoms with Crippen LogP contribution >= 0.6 is 0 Å². The molecular weight excluding hydrogens is 297 g/mol. The molecule has 0 aliphatic carbocycles. The van der Waals surface area contributed by atoms with Gasteiger partial charge in [-0.1, -0.05) is 6.07 Å². The number of carbonyl (C=O) groups is 1. The molecule has 1 saturated heterocycles. The van der Waals surface area contributed by atoms with Gasteiger partial charge in [-0.05, 0) is 23.8 Å². The molecule has 1 aromatic carbocycles. The number of rotatable bonds is 4. The van der Waals surface area contributed by atoms with Crippen molar-refractivity contribution in [3.05, 3.63) is 41.2 Å². The summed E-state index contributed by atoms with van der Waals surface area (Å²) in [4.78, 5) is 12.5. The van der Waals surface area contributed by atoms with Gasteiger partial charge in [-0.25, -0.2) is 17.6 Å². The van der Waals surface area contributed by atoms with Crippen LogP contribution in [0.1, 0.15) is 11.1 Å². The van der Waals surface area contributed by atoms with Gasteiger partial charge in [-0.15, -0.1) is 0 Å². The fourth-order valence-corrected chi connectivity index (χ4v) is 3.42. The van der Waals surface area contributed by atoms with Crippen LogP contribution < -0.4 is 0 Å². The maximum atomic E-state index is 13.6. The lowest BCUT2D eigenvalue weighted by Crippen LogP contribution is -2.39. The summed E-state index contributed by atoms with van der Waals surface area (Å²) in [7, 11) is -2.92. The third kappa shape index (κ3) is 4.64. The molecule has 0 spiro atoms. The van der Waals surface area contributed by atoms with Gasteiger partial charge < -0.3 is 5.11 Å². The highest BCUT2D eigenvalue weighted by Gasteiger charge is 2.21. The van der Waals surface area contributed by atoms with Gasteiger partial charge in [-0.3, -0.25) is 4.90 Å². The predicted molar refractivity (Wildman–Crippen MR) is 77.0 cm³/mol. The van der Waals surface area contributed by atoms with Gasteiger partial charge in [0.05, 0.1) is 11.5 Å². The molecule has 2 rings (SSSR count). The maximum Gasteiger partial charge on any atom is 0.328 e. The van der Waals surface area contributed by atoms with Gasteiger partial charge in [0, 0.05) is 31.3 Å². The van der Waals surface area contributed by atoms with Crippen LogP contribution in [0.2, 0.25) is 0 Å². The predicted octanol–water partition coefficient (Wildman–Crippen LogP) is 1.15. The summed E-state index contributed by atoms with van der Waals surface area (Å²) in [6.45, 7) is 1.43. The zero-order valence-corrected chi connectivity index (χ0v) is 12.1. The van der Waals surface area contributed by atoms with Crippen molar-refractivity contribution in [2.75, 3.05) is 24.6 Å². The molecule has 0 aromatic heterocycles. The molecule has 1 heterocycles. The van der Waals surface area contributed by atoms with Crippen LogP contribution in [-0.2, 0) is 21.2 Å². The van der Waals surface area contributed by atoms with Crippen molar-refractivity contribution < 1.29 is 22.7 Å². The molecule has 0 amide bonds. The third-order valence-corrected chi connectivity index (χ3v) is 4.92. The zero-order valence-electron chi connectivity index (χ0n) is 11.3. The minimum absolute atomic E-state index is 0.139. The molecule has 1 aliphatic heterocycles. The van der Waals surface area contributed by atoms with Crippen molar-refractivity contribution in [3.8, 4) is 0 Å². The Balaban J connectivity index is 2.07. The molecule has 21 heavy (non-hydrogen) atoms. The zero-order chi connectivity index (χ0) is 15.5. The van der Waals surface area contributed by atoms with Gasteiger partial charge in [-0.2, -0.15) is 0 Å². The van der Waals surface area contributed by atoms with E-state index in [-0.39, 0.29) is 17.1 Å². The van der Waals surface area contributed by atoms with Crippen LogP contribution in [0.15, 0.2) is 24.3 Å². The number of hydrogen-bond donors (Lipinski definition) is 1. The Bertz CT molecular complexity index is 656. The van der Waals surface area contributed by atoms with Crippen molar-refractivity contribution in [1.29, 1.82) is 0 Å². The van der Waals surface area contributed by atoms with E-state index in [1.165, 1.54) is 12.1 Å². The number of carboxylic acid groups (broad SMARTS) is 1. The maximum absolute atomic E-state index is 13.6. The van der Waals surface area contributed by atoms with Gasteiger partial charge in [0.15, 0.2) is 9.84 Å². The standard InChI is InChI=1S/C14H16FNO4S/c15-13-3-1-11(9-12(13)2-4-14(17)18)10-16-5-7-21(19,20)8-6-16/h1-4,9H,5-8,10H2,(H,17,18). The van der Waals surface area contributed by atoms with E-state index in [1.54, 1.807) is 12.1 Å². The highest BCUT2D eigenvalue weighted by atomic mass is 32.2. The summed E-state index contributed by atoms with van der Waals surface area (Å²) in [6.07, 6.45) is 2.09. The van der Waals surface area contributed by atoms with E-state index >= 15 is 0 Å². The van der Waals surface area contributed by atoms with Gasteiger partial charge in [0.2, 0.25) is 0 Å². The molecule has 7 heteroatoms. The Morgan fingerprint density at radius 2 is 2.00 bits per heavy atom. The van der Waals surface area contributed by atoms with E-state index in [0.717, 1.165) is 11.6 Å². The number of carboxylic acids is 1. The molecule has 0 unspecified atom stereocenters. The van der Waals surface area contributed by atoms with Crippen molar-refractivity contribution in [2.24, 2.45) is 0 Å². The SMILES string of the molecule is O=C(O)C=Cc1cc(CN2CCS(=O)(=O)CC2)ccc1F. The molecule has 0 atom stereocenters. The number of hydrogen-bond acceptors (Lipinski definition) is 4. The van der Waals surface area contributed by atoms with Crippen LogP contribution in [-0.4, -0.2) is 49.0 Å². The minimum Gasteiger partial charge on any atom is -0.478 e. The second-order valence-corrected chi connectivity index (χ2v) is 7.26. The first-order valence-electron chi connectivity index (χ1n) is 6.48. The third-order valence-electron chi connectivity index (χ3n) is 3.31. The summed E-state index contributed by atoms with van der Waals surface area (Å²) in [5.41, 5.74) is 1.03. The van der Waals surface area contributed by atoms with Crippen LogP contribution in [0.25, 0.3) is 6.08 Å². The number of nitrogens with zero attached hydrogens (tertiary/aromatic N) is 1. The van der Waals surface area contributed by atoms with Crippen molar-refractivity contribution >= 4 is 21.9 Å². The van der Waals surface area contributed by atoms with E-state index < -0.39 is 21.6 Å². The number of aliphatic carboxylic acids is 1. The van der Waals surface area contributed by atoms with Gasteiger partial charge >= 0.3 is 5.97 Å². The first kappa shape index (κ1) is 15.7. The van der Waals surface area contributed by atoms with E-state index in [9.17, 15) is 17.6 Å². The molecule has 0 bridgehead atoms. The average molecular weight is 313 g/mol. The van der Waals surface area contributed by atoms with Crippen LogP contribution in [0.4, 0.5) is 4.39 Å². The van der Waals surface area contributed by atoms with Crippen molar-refractivity contribution in [3.63, 3.8) is 0 Å². The molecule has 1 aliphatic rings. The highest BCUT2D eigenvalue weighted by molar-refractivity contribution is 7.91. The fraction of sp³-hybridized carbons (Fsp3) is 0.357. The Morgan fingerprint density at radius 1 is 1.33 bits per heavy atom. The largest absolute Gasteiger partial charge is 0.478 e. The van der Waals surface area contributed by atoms with Crippen LogP contribution in [0, 0.1) is 5.82 Å². The van der Waals surface area contributed by atoms with E-state index in [2.05, 4.69) is 0 Å². The van der Waals surface area contributed by atoms with Gasteiger partial charge in [0.25, 0.3) is 0 Å². The average Bonchev–Trinajstić information content (AvgIpc) is 2.41. The molecule has 5 nitrogen and oxygen atoms in total. The minimum atomic E-state index is -2.92.